The predicted octanol–water partition coefficient (Wildman–Crippen LogP) is 4.36. The summed E-state index contributed by atoms with van der Waals surface area (Å²) in [5, 5.41) is 18.8. The Hall–Kier alpha value is -3.98. The Labute approximate surface area is 186 Å². The van der Waals surface area contributed by atoms with Crippen molar-refractivity contribution in [3.8, 4) is 12.1 Å². The van der Waals surface area contributed by atoms with Crippen molar-refractivity contribution in [1.29, 1.82) is 10.5 Å². The average molecular weight is 461 g/mol. The van der Waals surface area contributed by atoms with Crippen LogP contribution < -0.4 is 0 Å². The molecular formula is C24H16N2O4S2. The van der Waals surface area contributed by atoms with Crippen LogP contribution in [0.4, 0.5) is 0 Å². The van der Waals surface area contributed by atoms with Crippen LogP contribution in [-0.2, 0) is 19.7 Å². The van der Waals surface area contributed by atoms with Gasteiger partial charge >= 0.3 is 0 Å². The molecule has 0 fully saturated rings. The van der Waals surface area contributed by atoms with Crippen LogP contribution in [0.25, 0.3) is 12.2 Å². The number of nitriles is 2. The van der Waals surface area contributed by atoms with E-state index in [1.807, 2.05) is 0 Å². The summed E-state index contributed by atoms with van der Waals surface area (Å²) in [6.07, 6.45) is 2.48. The van der Waals surface area contributed by atoms with Gasteiger partial charge in [-0.15, -0.1) is 0 Å². The highest BCUT2D eigenvalue weighted by Gasteiger charge is 2.21. The molecule has 0 spiro atoms. The van der Waals surface area contributed by atoms with Crippen molar-refractivity contribution in [2.24, 2.45) is 0 Å². The quantitative estimate of drug-likeness (QED) is 0.505. The van der Waals surface area contributed by atoms with Crippen molar-refractivity contribution in [1.82, 2.24) is 0 Å². The van der Waals surface area contributed by atoms with E-state index in [0.29, 0.717) is 11.1 Å². The molecule has 3 rings (SSSR count). The first-order valence-electron chi connectivity index (χ1n) is 9.23. The molecule has 0 atom stereocenters. The maximum Gasteiger partial charge on any atom is 0.216 e. The summed E-state index contributed by atoms with van der Waals surface area (Å²) >= 11 is 0. The average Bonchev–Trinajstić information content (AvgIpc) is 2.82. The second-order valence-electron chi connectivity index (χ2n) is 6.54. The van der Waals surface area contributed by atoms with Gasteiger partial charge in [-0.2, -0.15) is 10.5 Å². The summed E-state index contributed by atoms with van der Waals surface area (Å²) in [4.78, 5) is -0.818. The maximum atomic E-state index is 12.7. The van der Waals surface area contributed by atoms with Crippen molar-refractivity contribution in [2.45, 2.75) is 9.79 Å². The number of benzene rings is 3. The number of sulfone groups is 2. The third-order valence-electron chi connectivity index (χ3n) is 4.44. The lowest BCUT2D eigenvalue weighted by Crippen LogP contribution is -2.03. The van der Waals surface area contributed by atoms with Crippen LogP contribution in [0.2, 0.25) is 0 Å². The lowest BCUT2D eigenvalue weighted by molar-refractivity contribution is 0.601. The van der Waals surface area contributed by atoms with Gasteiger partial charge < -0.3 is 0 Å². The summed E-state index contributed by atoms with van der Waals surface area (Å²) in [5.41, 5.74) is 0.866. The first kappa shape index (κ1) is 22.7. The van der Waals surface area contributed by atoms with Crippen LogP contribution in [0.5, 0.6) is 0 Å². The number of allylic oxidation sites excluding steroid dienone is 2. The molecule has 0 aromatic heterocycles. The molecule has 0 aliphatic heterocycles. The summed E-state index contributed by atoms with van der Waals surface area (Å²) in [6, 6.07) is 24.8. The number of rotatable bonds is 6. The minimum Gasteiger partial charge on any atom is -0.218 e. The van der Waals surface area contributed by atoms with Gasteiger partial charge in [-0.05, 0) is 47.5 Å². The predicted molar refractivity (Wildman–Crippen MR) is 121 cm³/mol. The van der Waals surface area contributed by atoms with Gasteiger partial charge in [-0.3, -0.25) is 0 Å². The molecule has 3 aromatic carbocycles. The fourth-order valence-electron chi connectivity index (χ4n) is 2.78. The highest BCUT2D eigenvalue weighted by Crippen LogP contribution is 2.23. The lowest BCUT2D eigenvalue weighted by Gasteiger charge is -2.04. The molecule has 0 amide bonds. The molecule has 0 aliphatic rings. The van der Waals surface area contributed by atoms with E-state index >= 15 is 0 Å². The lowest BCUT2D eigenvalue weighted by atomic mass is 10.1. The minimum atomic E-state index is -3.97. The third kappa shape index (κ3) is 4.84. The van der Waals surface area contributed by atoms with E-state index in [0.717, 1.165) is 0 Å². The molecule has 32 heavy (non-hydrogen) atoms. The van der Waals surface area contributed by atoms with Gasteiger partial charge in [-0.25, -0.2) is 16.8 Å². The fraction of sp³-hybridized carbons (Fsp3) is 0. The van der Waals surface area contributed by atoms with E-state index < -0.39 is 29.5 Å². The van der Waals surface area contributed by atoms with Crippen LogP contribution in [0.15, 0.2) is 105 Å². The van der Waals surface area contributed by atoms with Crippen LogP contribution in [0, 0.1) is 22.7 Å². The molecule has 0 aliphatic carbocycles. The first-order chi connectivity index (χ1) is 15.3. The van der Waals surface area contributed by atoms with Crippen molar-refractivity contribution in [2.75, 3.05) is 0 Å². The van der Waals surface area contributed by atoms with E-state index in [2.05, 4.69) is 0 Å². The highest BCUT2D eigenvalue weighted by molar-refractivity contribution is 7.96. The molecule has 0 unspecified atom stereocenters. The van der Waals surface area contributed by atoms with Gasteiger partial charge in [0.15, 0.2) is 0 Å². The fourth-order valence-corrected chi connectivity index (χ4v) is 5.15. The second-order valence-corrected chi connectivity index (χ2v) is 10.4. The Morgan fingerprint density at radius 1 is 0.562 bits per heavy atom. The molecule has 3 aromatic rings. The molecule has 8 heteroatoms. The zero-order chi connectivity index (χ0) is 23.2. The zero-order valence-corrected chi connectivity index (χ0v) is 18.2. The van der Waals surface area contributed by atoms with Crippen LogP contribution in [-0.4, -0.2) is 16.8 Å². The molecule has 6 nitrogen and oxygen atoms in total. The Morgan fingerprint density at radius 3 is 1.16 bits per heavy atom. The number of hydrogen-bond acceptors (Lipinski definition) is 6. The monoisotopic (exact) mass is 460 g/mol. The zero-order valence-electron chi connectivity index (χ0n) is 16.6. The molecule has 0 saturated carbocycles. The third-order valence-corrected chi connectivity index (χ3v) is 7.80. The van der Waals surface area contributed by atoms with Crippen molar-refractivity contribution >= 4 is 31.8 Å². The van der Waals surface area contributed by atoms with Gasteiger partial charge in [0.05, 0.1) is 9.79 Å². The molecule has 158 valence electrons. The van der Waals surface area contributed by atoms with E-state index in [9.17, 15) is 27.4 Å². The maximum absolute atomic E-state index is 12.7. The molecule has 0 radical (unpaired) electrons. The smallest absolute Gasteiger partial charge is 0.216 e. The molecule has 0 N–H and O–H groups in total. The topological polar surface area (TPSA) is 116 Å². The molecule has 0 bridgehead atoms. The Kier molecular flexibility index (Phi) is 6.70. The van der Waals surface area contributed by atoms with Crippen molar-refractivity contribution in [3.05, 3.63) is 106 Å². The largest absolute Gasteiger partial charge is 0.218 e. The summed E-state index contributed by atoms with van der Waals surface area (Å²) < 4.78 is 50.6. The van der Waals surface area contributed by atoms with Gasteiger partial charge in [0.2, 0.25) is 19.7 Å². The summed E-state index contributed by atoms with van der Waals surface area (Å²) in [6.45, 7) is 0. The Bertz CT molecular complexity index is 1360. The minimum absolute atomic E-state index is 0.0112. The molecule has 0 saturated heterocycles. The Balaban J connectivity index is 1.94. The van der Waals surface area contributed by atoms with Crippen molar-refractivity contribution in [3.63, 3.8) is 0 Å². The van der Waals surface area contributed by atoms with Crippen molar-refractivity contribution < 1.29 is 16.8 Å². The van der Waals surface area contributed by atoms with E-state index in [1.165, 1.54) is 60.7 Å². The molecule has 0 heterocycles. The standard InChI is InChI=1S/C24H16N2O4S2/c25-17-23(31(27,28)21-7-3-1-4-8-21)15-19-11-13-20(14-12-19)16-24(18-26)32(29,30)22-9-5-2-6-10-22/h1-16H/b23-15-,24-16+. The van der Waals surface area contributed by atoms with Crippen LogP contribution in [0.3, 0.4) is 0 Å². The summed E-state index contributed by atoms with van der Waals surface area (Å²) in [7, 11) is -7.93. The highest BCUT2D eigenvalue weighted by atomic mass is 32.2. The van der Waals surface area contributed by atoms with Gasteiger partial charge in [0, 0.05) is 0 Å². The van der Waals surface area contributed by atoms with Gasteiger partial charge in [0.25, 0.3) is 0 Å². The Morgan fingerprint density at radius 2 is 0.875 bits per heavy atom. The summed E-state index contributed by atoms with van der Waals surface area (Å²) in [5.74, 6) is 0. The normalized spacial score (nSPS) is 12.6. The van der Waals surface area contributed by atoms with E-state index in [1.54, 1.807) is 48.5 Å². The van der Waals surface area contributed by atoms with Crippen LogP contribution in [0.1, 0.15) is 11.1 Å². The van der Waals surface area contributed by atoms with Crippen LogP contribution >= 0.6 is 0 Å². The van der Waals surface area contributed by atoms with Gasteiger partial charge in [0.1, 0.15) is 21.9 Å². The van der Waals surface area contributed by atoms with Gasteiger partial charge in [-0.1, -0.05) is 60.7 Å². The SMILES string of the molecule is N#C/C(=C/c1ccc(/C=C(\C#N)S(=O)(=O)c2ccccc2)cc1)S(=O)(=O)c1ccccc1. The first-order valence-corrected chi connectivity index (χ1v) is 12.2. The van der Waals surface area contributed by atoms with E-state index in [-0.39, 0.29) is 9.79 Å². The number of hydrogen-bond donors (Lipinski definition) is 0. The number of nitrogens with zero attached hydrogens (tertiary/aromatic N) is 2. The second kappa shape index (κ2) is 9.44. The molecular weight excluding hydrogens is 444 g/mol. The van der Waals surface area contributed by atoms with E-state index in [4.69, 9.17) is 0 Å².